The standard InChI is InChI=1S/C39H46N8O7/c1-4-7-30(46-39(51)53-3)37(49)47-16-17-54-23-33(47)36-44-29-14-13-27(20-31(29)45-36)25-9-10-26-19-28(12-11-24(26)18-25)32-21-41-34(43-32)8-5-6-15-40-35(48)22-42-38(50)52-2/h9-14,18-21,30,33H,4-8,15-17,22-23H2,1-3H3,(H,40,48)(H,41,43)(H,42,50)(H,44,45)(H,46,51). The van der Waals surface area contributed by atoms with Gasteiger partial charge in [0.1, 0.15) is 23.7 Å². The molecule has 0 bridgehead atoms. The molecule has 4 amide bonds. The first-order valence-corrected chi connectivity index (χ1v) is 18.2. The van der Waals surface area contributed by atoms with E-state index in [1.807, 2.05) is 25.3 Å². The largest absolute Gasteiger partial charge is 0.453 e. The summed E-state index contributed by atoms with van der Waals surface area (Å²) >= 11 is 0. The molecule has 5 aromatic rings. The summed E-state index contributed by atoms with van der Waals surface area (Å²) in [5, 5.41) is 10.0. The molecule has 15 heteroatoms. The predicted octanol–water partition coefficient (Wildman–Crippen LogP) is 4.99. The van der Waals surface area contributed by atoms with Crippen molar-refractivity contribution < 1.29 is 33.4 Å². The van der Waals surface area contributed by atoms with Crippen LogP contribution in [0, 0.1) is 0 Å². The molecule has 284 valence electrons. The lowest BCUT2D eigenvalue weighted by atomic mass is 9.99. The number of imidazole rings is 2. The zero-order valence-electron chi connectivity index (χ0n) is 30.7. The number of amides is 4. The molecule has 3 heterocycles. The first-order valence-electron chi connectivity index (χ1n) is 18.2. The number of fused-ring (bicyclic) bond motifs is 2. The Balaban J connectivity index is 1.09. The number of benzene rings is 3. The second-order valence-electron chi connectivity index (χ2n) is 13.1. The van der Waals surface area contributed by atoms with E-state index in [0.717, 1.165) is 75.7 Å². The molecular formula is C39H46N8O7. The Kier molecular flexibility index (Phi) is 12.4. The highest BCUT2D eigenvalue weighted by molar-refractivity contribution is 5.92. The lowest BCUT2D eigenvalue weighted by Crippen LogP contribution is -2.53. The van der Waals surface area contributed by atoms with Crippen molar-refractivity contribution >= 4 is 45.8 Å². The average Bonchev–Trinajstić information content (AvgIpc) is 3.86. The van der Waals surface area contributed by atoms with Crippen LogP contribution in [0.2, 0.25) is 0 Å². The molecule has 0 aliphatic carbocycles. The number of hydrogen-bond acceptors (Lipinski definition) is 9. The van der Waals surface area contributed by atoms with Crippen LogP contribution in [0.1, 0.15) is 50.3 Å². The van der Waals surface area contributed by atoms with Gasteiger partial charge in [0.05, 0.1) is 56.9 Å². The van der Waals surface area contributed by atoms with Gasteiger partial charge in [0.25, 0.3) is 0 Å². The van der Waals surface area contributed by atoms with Gasteiger partial charge in [-0.2, -0.15) is 0 Å². The minimum atomic E-state index is -0.699. The number of aromatic amines is 2. The maximum Gasteiger partial charge on any atom is 0.407 e. The van der Waals surface area contributed by atoms with Crippen LogP contribution in [0.15, 0.2) is 60.8 Å². The first-order chi connectivity index (χ1) is 26.3. The Bertz CT molecular complexity index is 2110. The van der Waals surface area contributed by atoms with Crippen molar-refractivity contribution in [3.63, 3.8) is 0 Å². The Morgan fingerprint density at radius 2 is 1.67 bits per heavy atom. The molecular weight excluding hydrogens is 692 g/mol. The number of aromatic nitrogens is 4. The number of unbranched alkanes of at least 4 members (excludes halogenated alkanes) is 1. The molecule has 5 N–H and O–H groups in total. The van der Waals surface area contributed by atoms with E-state index in [1.165, 1.54) is 14.2 Å². The van der Waals surface area contributed by atoms with Gasteiger partial charge in [0.15, 0.2) is 0 Å². The third kappa shape index (κ3) is 9.15. The highest BCUT2D eigenvalue weighted by atomic mass is 16.5. The molecule has 3 aromatic carbocycles. The van der Waals surface area contributed by atoms with Crippen LogP contribution in [-0.2, 0) is 30.2 Å². The number of rotatable bonds is 14. The Hall–Kier alpha value is -5.96. The highest BCUT2D eigenvalue weighted by Crippen LogP contribution is 2.31. The number of alkyl carbamates (subject to hydrolysis) is 2. The van der Waals surface area contributed by atoms with E-state index in [4.69, 9.17) is 14.5 Å². The molecule has 54 heavy (non-hydrogen) atoms. The van der Waals surface area contributed by atoms with E-state index in [-0.39, 0.29) is 18.4 Å². The lowest BCUT2D eigenvalue weighted by Gasteiger charge is -2.36. The third-order valence-electron chi connectivity index (χ3n) is 9.43. The summed E-state index contributed by atoms with van der Waals surface area (Å²) in [7, 11) is 2.53. The number of carbonyl (C=O) groups is 4. The maximum atomic E-state index is 13.6. The summed E-state index contributed by atoms with van der Waals surface area (Å²) in [6.45, 7) is 3.44. The molecule has 1 aliphatic heterocycles. The van der Waals surface area contributed by atoms with Crippen molar-refractivity contribution in [1.29, 1.82) is 0 Å². The van der Waals surface area contributed by atoms with Crippen molar-refractivity contribution in [2.75, 3.05) is 47.1 Å². The van der Waals surface area contributed by atoms with Crippen molar-refractivity contribution in [2.24, 2.45) is 0 Å². The van der Waals surface area contributed by atoms with E-state index in [2.05, 4.69) is 78.1 Å². The Morgan fingerprint density at radius 3 is 2.44 bits per heavy atom. The first kappa shape index (κ1) is 37.8. The minimum absolute atomic E-state index is 0.120. The number of morpholine rings is 1. The third-order valence-corrected chi connectivity index (χ3v) is 9.43. The SMILES string of the molecule is CCCC(NC(=O)OC)C(=O)N1CCOCC1c1nc2ccc(-c3ccc4cc(-c5cnc(CCCCNC(=O)CNC(=O)OC)[nH]5)ccc4c3)cc2[nH]1. The molecule has 2 atom stereocenters. The molecule has 1 fully saturated rings. The zero-order valence-corrected chi connectivity index (χ0v) is 30.7. The van der Waals surface area contributed by atoms with Gasteiger partial charge in [-0.25, -0.2) is 19.6 Å². The fourth-order valence-electron chi connectivity index (χ4n) is 6.57. The van der Waals surface area contributed by atoms with Crippen LogP contribution in [0.4, 0.5) is 9.59 Å². The normalized spacial score (nSPS) is 14.8. The quantitative estimate of drug-likeness (QED) is 0.0977. The average molecular weight is 739 g/mol. The molecule has 0 spiro atoms. The fraction of sp³-hybridized carbons (Fsp3) is 0.385. The second kappa shape index (κ2) is 17.7. The molecule has 1 saturated heterocycles. The summed E-state index contributed by atoms with van der Waals surface area (Å²) in [4.78, 5) is 66.5. The van der Waals surface area contributed by atoms with Crippen LogP contribution in [0.3, 0.4) is 0 Å². The maximum absolute atomic E-state index is 13.6. The van der Waals surface area contributed by atoms with Crippen LogP contribution in [0.5, 0.6) is 0 Å². The van der Waals surface area contributed by atoms with E-state index in [0.29, 0.717) is 38.5 Å². The highest BCUT2D eigenvalue weighted by Gasteiger charge is 2.35. The van der Waals surface area contributed by atoms with Crippen molar-refractivity contribution in [3.8, 4) is 22.4 Å². The zero-order chi connectivity index (χ0) is 38.0. The van der Waals surface area contributed by atoms with E-state index < -0.39 is 24.3 Å². The van der Waals surface area contributed by atoms with Gasteiger partial charge in [-0.1, -0.05) is 43.7 Å². The van der Waals surface area contributed by atoms with Gasteiger partial charge in [0, 0.05) is 25.1 Å². The van der Waals surface area contributed by atoms with Gasteiger partial charge >= 0.3 is 12.2 Å². The summed E-state index contributed by atoms with van der Waals surface area (Å²) < 4.78 is 15.0. The van der Waals surface area contributed by atoms with Crippen LogP contribution in [-0.4, -0.2) is 102 Å². The number of ether oxygens (including phenoxy) is 3. The minimum Gasteiger partial charge on any atom is -0.453 e. The molecule has 0 radical (unpaired) electrons. The van der Waals surface area contributed by atoms with Crippen LogP contribution < -0.4 is 16.0 Å². The second-order valence-corrected chi connectivity index (χ2v) is 13.1. The van der Waals surface area contributed by atoms with Crippen molar-refractivity contribution in [3.05, 3.63) is 72.4 Å². The van der Waals surface area contributed by atoms with Crippen molar-refractivity contribution in [1.82, 2.24) is 40.8 Å². The molecule has 15 nitrogen and oxygen atoms in total. The number of carbonyl (C=O) groups excluding carboxylic acids is 4. The van der Waals surface area contributed by atoms with E-state index >= 15 is 0 Å². The summed E-state index contributed by atoms with van der Waals surface area (Å²) in [5.74, 6) is 1.06. The van der Waals surface area contributed by atoms with Crippen molar-refractivity contribution in [2.45, 2.75) is 51.1 Å². The number of H-pyrrole nitrogens is 2. The Morgan fingerprint density at radius 1 is 0.926 bits per heavy atom. The summed E-state index contributed by atoms with van der Waals surface area (Å²) in [6, 6.07) is 17.7. The van der Waals surface area contributed by atoms with Gasteiger partial charge in [-0.05, 0) is 65.4 Å². The van der Waals surface area contributed by atoms with Crippen LogP contribution in [0.25, 0.3) is 44.2 Å². The van der Waals surface area contributed by atoms with Gasteiger partial charge in [-0.15, -0.1) is 0 Å². The topological polar surface area (TPSA) is 193 Å². The van der Waals surface area contributed by atoms with Gasteiger partial charge in [-0.3, -0.25) is 9.59 Å². The number of aryl methyl sites for hydroxylation is 1. The Labute approximate surface area is 312 Å². The summed E-state index contributed by atoms with van der Waals surface area (Å²) in [6.07, 6.45) is 4.14. The van der Waals surface area contributed by atoms with Gasteiger partial charge in [0.2, 0.25) is 11.8 Å². The smallest absolute Gasteiger partial charge is 0.407 e. The molecule has 2 aromatic heterocycles. The van der Waals surface area contributed by atoms with E-state index in [1.54, 1.807) is 4.90 Å². The number of nitrogens with one attached hydrogen (secondary N) is 5. The monoisotopic (exact) mass is 738 g/mol. The fourth-order valence-corrected chi connectivity index (χ4v) is 6.57. The number of methoxy groups -OCH3 is 2. The van der Waals surface area contributed by atoms with E-state index in [9.17, 15) is 19.2 Å². The molecule has 2 unspecified atom stereocenters. The van der Waals surface area contributed by atoms with Crippen LogP contribution >= 0.6 is 0 Å². The lowest BCUT2D eigenvalue weighted by molar-refractivity contribution is -0.143. The molecule has 6 rings (SSSR count). The predicted molar refractivity (Wildman–Crippen MR) is 202 cm³/mol. The number of hydrogen-bond donors (Lipinski definition) is 5. The van der Waals surface area contributed by atoms with Gasteiger partial charge < -0.3 is 45.0 Å². The number of nitrogens with zero attached hydrogens (tertiary/aromatic N) is 3. The summed E-state index contributed by atoms with van der Waals surface area (Å²) in [5.41, 5.74) is 5.68. The molecule has 0 saturated carbocycles. The molecule has 1 aliphatic rings.